The third kappa shape index (κ3) is 3.85. The van der Waals surface area contributed by atoms with E-state index in [0.717, 1.165) is 12.1 Å². The minimum Gasteiger partial charge on any atom is -0.207 e. The van der Waals surface area contributed by atoms with E-state index < -0.39 is 0 Å². The van der Waals surface area contributed by atoms with Gasteiger partial charge in [-0.05, 0) is 6.92 Å². The molecule has 0 aromatic heterocycles. The van der Waals surface area contributed by atoms with Crippen LogP contribution in [-0.2, 0) is 6.54 Å². The third-order valence-electron chi connectivity index (χ3n) is 1.80. The molecule has 1 rings (SSSR count). The molecule has 0 spiro atoms. The van der Waals surface area contributed by atoms with Crippen LogP contribution < -0.4 is 0 Å². The molecule has 0 amide bonds. The molecule has 0 unspecified atom stereocenters. The van der Waals surface area contributed by atoms with Gasteiger partial charge in [-0.1, -0.05) is 42.5 Å². The summed E-state index contributed by atoms with van der Waals surface area (Å²) in [5.41, 5.74) is 2.29. The highest BCUT2D eigenvalue weighted by atomic mass is 14.9. The van der Waals surface area contributed by atoms with Crippen molar-refractivity contribution in [1.29, 1.82) is 0 Å². The maximum absolute atomic E-state index is 3.91. The standard InChI is InChI=1S/C13H16N/c1-12(2)9-10-14(3)11-13-7-5-4-6-8-13/h4-10H,1,3,11H2,2H3/q+1/b10-9-. The van der Waals surface area contributed by atoms with E-state index in [0.29, 0.717) is 0 Å². The molecule has 1 heteroatoms. The Morgan fingerprint density at radius 1 is 1.36 bits per heavy atom. The third-order valence-corrected chi connectivity index (χ3v) is 1.80. The average molecular weight is 186 g/mol. The monoisotopic (exact) mass is 186 g/mol. The Morgan fingerprint density at radius 2 is 2.00 bits per heavy atom. The molecule has 0 aliphatic carbocycles. The number of benzene rings is 1. The molecule has 1 nitrogen and oxygen atoms in total. The Bertz CT molecular complexity index is 347. The van der Waals surface area contributed by atoms with E-state index in [9.17, 15) is 0 Å². The van der Waals surface area contributed by atoms with Gasteiger partial charge in [-0.3, -0.25) is 0 Å². The molecule has 0 aliphatic heterocycles. The van der Waals surface area contributed by atoms with Crippen LogP contribution in [0.4, 0.5) is 0 Å². The number of rotatable bonds is 4. The highest BCUT2D eigenvalue weighted by molar-refractivity contribution is 5.19. The summed E-state index contributed by atoms with van der Waals surface area (Å²) in [5.74, 6) is 0. The fourth-order valence-corrected chi connectivity index (χ4v) is 1.10. The first kappa shape index (κ1) is 10.5. The van der Waals surface area contributed by atoms with Gasteiger partial charge in [0, 0.05) is 11.6 Å². The Hall–Kier alpha value is -1.63. The number of allylic oxidation sites excluding steroid dienone is 2. The zero-order valence-corrected chi connectivity index (χ0v) is 8.61. The first-order valence-corrected chi connectivity index (χ1v) is 4.63. The molecule has 0 bridgehead atoms. The highest BCUT2D eigenvalue weighted by Gasteiger charge is 1.97. The highest BCUT2D eigenvalue weighted by Crippen LogP contribution is 2.00. The Labute approximate surface area is 85.7 Å². The average Bonchev–Trinajstić information content (AvgIpc) is 2.16. The Balaban J connectivity index is 2.54. The summed E-state index contributed by atoms with van der Waals surface area (Å²) in [6.07, 6.45) is 3.89. The summed E-state index contributed by atoms with van der Waals surface area (Å²) in [6.45, 7) is 10.5. The fourth-order valence-electron chi connectivity index (χ4n) is 1.10. The van der Waals surface area contributed by atoms with Crippen molar-refractivity contribution in [2.75, 3.05) is 0 Å². The smallest absolute Gasteiger partial charge is 0.173 e. The summed E-state index contributed by atoms with van der Waals surface area (Å²) in [5, 5.41) is 0. The Kier molecular flexibility index (Phi) is 3.86. The predicted molar refractivity (Wildman–Crippen MR) is 61.5 cm³/mol. The minimum absolute atomic E-state index is 0.824. The first-order valence-electron chi connectivity index (χ1n) is 4.63. The van der Waals surface area contributed by atoms with Crippen LogP contribution in [0, 0.1) is 0 Å². The van der Waals surface area contributed by atoms with Crippen LogP contribution in [0.3, 0.4) is 0 Å². The van der Waals surface area contributed by atoms with Crippen molar-refractivity contribution < 1.29 is 4.58 Å². The van der Waals surface area contributed by atoms with Crippen LogP contribution in [0.1, 0.15) is 12.5 Å². The SMILES string of the molecule is C=C(C)/C=C\[N+](=C)Cc1ccccc1. The van der Waals surface area contributed by atoms with Crippen molar-refractivity contribution in [2.24, 2.45) is 0 Å². The number of nitrogens with zero attached hydrogens (tertiary/aromatic N) is 1. The maximum atomic E-state index is 3.91. The summed E-state index contributed by atoms with van der Waals surface area (Å²) in [7, 11) is 0. The molecule has 0 atom stereocenters. The van der Waals surface area contributed by atoms with Crippen molar-refractivity contribution in [3.63, 3.8) is 0 Å². The van der Waals surface area contributed by atoms with E-state index in [1.807, 2.05) is 42.0 Å². The molecule has 1 aromatic carbocycles. The summed E-state index contributed by atoms with van der Waals surface area (Å²) in [6, 6.07) is 10.3. The second kappa shape index (κ2) is 5.18. The molecule has 0 saturated carbocycles. The molecule has 72 valence electrons. The summed E-state index contributed by atoms with van der Waals surface area (Å²) < 4.78 is 1.89. The lowest BCUT2D eigenvalue weighted by atomic mass is 10.2. The maximum Gasteiger partial charge on any atom is 0.173 e. The van der Waals surface area contributed by atoms with Crippen molar-refractivity contribution in [1.82, 2.24) is 0 Å². The molecule has 0 saturated heterocycles. The van der Waals surface area contributed by atoms with E-state index >= 15 is 0 Å². The van der Waals surface area contributed by atoms with Gasteiger partial charge in [0.1, 0.15) is 6.72 Å². The molecule has 0 aliphatic rings. The number of hydrogen-bond acceptors (Lipinski definition) is 0. The topological polar surface area (TPSA) is 3.01 Å². The van der Waals surface area contributed by atoms with Crippen molar-refractivity contribution in [3.05, 3.63) is 60.3 Å². The molecular weight excluding hydrogens is 170 g/mol. The molecular formula is C13H16N+. The van der Waals surface area contributed by atoms with Gasteiger partial charge in [-0.15, -0.1) is 0 Å². The lowest BCUT2D eigenvalue weighted by Crippen LogP contribution is -2.00. The van der Waals surface area contributed by atoms with Crippen LogP contribution in [0.5, 0.6) is 0 Å². The van der Waals surface area contributed by atoms with Gasteiger partial charge in [-0.2, -0.15) is 0 Å². The fraction of sp³-hybridized carbons (Fsp3) is 0.154. The second-order valence-electron chi connectivity index (χ2n) is 3.39. The summed E-state index contributed by atoms with van der Waals surface area (Å²) in [4.78, 5) is 0. The molecule has 0 fully saturated rings. The van der Waals surface area contributed by atoms with Gasteiger partial charge < -0.3 is 0 Å². The van der Waals surface area contributed by atoms with Crippen molar-refractivity contribution >= 4 is 6.72 Å². The minimum atomic E-state index is 0.824. The van der Waals surface area contributed by atoms with Crippen molar-refractivity contribution in [3.8, 4) is 0 Å². The largest absolute Gasteiger partial charge is 0.207 e. The normalized spacial score (nSPS) is 10.4. The second-order valence-corrected chi connectivity index (χ2v) is 3.39. The quantitative estimate of drug-likeness (QED) is 0.386. The van der Waals surface area contributed by atoms with E-state index in [2.05, 4.69) is 25.4 Å². The van der Waals surface area contributed by atoms with Gasteiger partial charge in [-0.25, -0.2) is 4.58 Å². The summed E-state index contributed by atoms with van der Waals surface area (Å²) >= 11 is 0. The van der Waals surface area contributed by atoms with Crippen LogP contribution in [0.2, 0.25) is 0 Å². The lowest BCUT2D eigenvalue weighted by Gasteiger charge is -1.95. The first-order chi connectivity index (χ1) is 6.68. The van der Waals surface area contributed by atoms with E-state index in [4.69, 9.17) is 0 Å². The molecule has 0 N–H and O–H groups in total. The van der Waals surface area contributed by atoms with Crippen LogP contribution in [-0.4, -0.2) is 11.3 Å². The predicted octanol–water partition coefficient (Wildman–Crippen LogP) is 2.99. The molecule has 1 aromatic rings. The van der Waals surface area contributed by atoms with E-state index in [1.54, 1.807) is 0 Å². The molecule has 14 heavy (non-hydrogen) atoms. The van der Waals surface area contributed by atoms with Crippen LogP contribution in [0.15, 0.2) is 54.8 Å². The van der Waals surface area contributed by atoms with Gasteiger partial charge in [0.05, 0.1) is 0 Å². The zero-order valence-electron chi connectivity index (χ0n) is 8.61. The van der Waals surface area contributed by atoms with Gasteiger partial charge in [0.2, 0.25) is 0 Å². The number of hydrogen-bond donors (Lipinski definition) is 0. The van der Waals surface area contributed by atoms with Gasteiger partial charge in [0.15, 0.2) is 12.7 Å². The van der Waals surface area contributed by atoms with Gasteiger partial charge >= 0.3 is 0 Å². The molecule has 0 heterocycles. The zero-order chi connectivity index (χ0) is 10.4. The molecule has 0 radical (unpaired) electrons. The van der Waals surface area contributed by atoms with Crippen molar-refractivity contribution in [2.45, 2.75) is 13.5 Å². The van der Waals surface area contributed by atoms with Crippen LogP contribution >= 0.6 is 0 Å². The van der Waals surface area contributed by atoms with E-state index in [-0.39, 0.29) is 0 Å². The lowest BCUT2D eigenvalue weighted by molar-refractivity contribution is -0.465. The van der Waals surface area contributed by atoms with Crippen LogP contribution in [0.25, 0.3) is 0 Å². The Morgan fingerprint density at radius 3 is 2.57 bits per heavy atom. The van der Waals surface area contributed by atoms with E-state index in [1.165, 1.54) is 5.56 Å². The van der Waals surface area contributed by atoms with Gasteiger partial charge in [0.25, 0.3) is 0 Å².